The molecule has 1 fully saturated rings. The third-order valence-electron chi connectivity index (χ3n) is 4.15. The molecular weight excluding hydrogens is 316 g/mol. The monoisotopic (exact) mass is 342 g/mol. The summed E-state index contributed by atoms with van der Waals surface area (Å²) in [6.45, 7) is 5.84. The molecule has 1 unspecified atom stereocenters. The number of nitrogens with one attached hydrogen (secondary N) is 1. The summed E-state index contributed by atoms with van der Waals surface area (Å²) in [5.41, 5.74) is 0.662. The van der Waals surface area contributed by atoms with Gasteiger partial charge in [-0.25, -0.2) is 8.42 Å². The van der Waals surface area contributed by atoms with Gasteiger partial charge in [0.15, 0.2) is 11.5 Å². The van der Waals surface area contributed by atoms with Gasteiger partial charge in [0.05, 0.1) is 19.1 Å². The van der Waals surface area contributed by atoms with Crippen molar-refractivity contribution >= 4 is 10.0 Å². The molecule has 1 aromatic carbocycles. The highest BCUT2D eigenvalue weighted by Gasteiger charge is 2.34. The van der Waals surface area contributed by atoms with Crippen molar-refractivity contribution in [3.05, 3.63) is 17.7 Å². The Labute approximate surface area is 138 Å². The van der Waals surface area contributed by atoms with E-state index >= 15 is 0 Å². The number of methoxy groups -OCH3 is 2. The van der Waals surface area contributed by atoms with Crippen molar-refractivity contribution in [2.24, 2.45) is 0 Å². The molecule has 0 aromatic heterocycles. The van der Waals surface area contributed by atoms with Crippen LogP contribution in [0.4, 0.5) is 0 Å². The van der Waals surface area contributed by atoms with Crippen molar-refractivity contribution in [2.45, 2.75) is 37.6 Å². The molecule has 0 aliphatic carbocycles. The Morgan fingerprint density at radius 2 is 1.91 bits per heavy atom. The van der Waals surface area contributed by atoms with Gasteiger partial charge in [-0.15, -0.1) is 0 Å². The predicted molar refractivity (Wildman–Crippen MR) is 89.7 cm³/mol. The number of hydrogen-bond acceptors (Lipinski definition) is 5. The molecule has 1 aliphatic rings. The van der Waals surface area contributed by atoms with E-state index in [1.54, 1.807) is 30.5 Å². The van der Waals surface area contributed by atoms with E-state index in [9.17, 15) is 8.42 Å². The van der Waals surface area contributed by atoms with Gasteiger partial charge in [-0.05, 0) is 37.9 Å². The van der Waals surface area contributed by atoms with E-state index in [1.165, 1.54) is 7.11 Å². The Morgan fingerprint density at radius 1 is 1.26 bits per heavy atom. The Kier molecular flexibility index (Phi) is 5.89. The molecule has 1 aliphatic heterocycles. The highest BCUT2D eigenvalue weighted by atomic mass is 32.2. The van der Waals surface area contributed by atoms with Crippen molar-refractivity contribution in [3.8, 4) is 11.5 Å². The van der Waals surface area contributed by atoms with Gasteiger partial charge in [0.2, 0.25) is 10.0 Å². The quantitative estimate of drug-likeness (QED) is 0.818. The molecule has 1 atom stereocenters. The van der Waals surface area contributed by atoms with Crippen LogP contribution in [0, 0.1) is 6.92 Å². The smallest absolute Gasteiger partial charge is 0.243 e. The summed E-state index contributed by atoms with van der Waals surface area (Å²) in [4.78, 5) is 0.288. The Bertz CT molecular complexity index is 640. The summed E-state index contributed by atoms with van der Waals surface area (Å²) in [6, 6.07) is 3.28. The molecule has 23 heavy (non-hydrogen) atoms. The third-order valence-corrected chi connectivity index (χ3v) is 6.25. The lowest BCUT2D eigenvalue weighted by Gasteiger charge is -2.28. The van der Waals surface area contributed by atoms with Crippen LogP contribution in [0.3, 0.4) is 0 Å². The first-order valence-electron chi connectivity index (χ1n) is 7.90. The van der Waals surface area contributed by atoms with Crippen LogP contribution in [0.15, 0.2) is 17.0 Å². The maximum atomic E-state index is 13.2. The average molecular weight is 342 g/mol. The maximum absolute atomic E-state index is 13.2. The number of rotatable bonds is 7. The molecular formula is C16H26N2O4S. The fraction of sp³-hybridized carbons (Fsp3) is 0.625. The van der Waals surface area contributed by atoms with Crippen molar-refractivity contribution < 1.29 is 17.9 Å². The minimum absolute atomic E-state index is 0.00689. The maximum Gasteiger partial charge on any atom is 0.243 e. The van der Waals surface area contributed by atoms with Gasteiger partial charge < -0.3 is 14.8 Å². The van der Waals surface area contributed by atoms with Crippen LogP contribution in [-0.2, 0) is 10.0 Å². The van der Waals surface area contributed by atoms with Crippen LogP contribution in [0.5, 0.6) is 11.5 Å². The molecule has 0 amide bonds. The molecule has 1 aromatic rings. The second-order valence-electron chi connectivity index (χ2n) is 5.74. The number of hydrogen-bond donors (Lipinski definition) is 1. The van der Waals surface area contributed by atoms with Crippen molar-refractivity contribution in [1.82, 2.24) is 9.62 Å². The Hall–Kier alpha value is -1.31. The molecule has 6 nitrogen and oxygen atoms in total. The van der Waals surface area contributed by atoms with E-state index < -0.39 is 10.0 Å². The van der Waals surface area contributed by atoms with Gasteiger partial charge in [0, 0.05) is 25.2 Å². The number of sulfonamides is 1. The molecule has 0 radical (unpaired) electrons. The summed E-state index contributed by atoms with van der Waals surface area (Å²) >= 11 is 0. The molecule has 1 heterocycles. The molecule has 1 N–H and O–H groups in total. The topological polar surface area (TPSA) is 67.9 Å². The van der Waals surface area contributed by atoms with Crippen molar-refractivity contribution in [3.63, 3.8) is 0 Å². The van der Waals surface area contributed by atoms with Crippen LogP contribution in [0.25, 0.3) is 0 Å². The molecule has 0 bridgehead atoms. The third kappa shape index (κ3) is 3.62. The first-order chi connectivity index (χ1) is 11.0. The van der Waals surface area contributed by atoms with Crippen molar-refractivity contribution in [1.29, 1.82) is 0 Å². The SMILES string of the molecule is CCCN(C1CCNC1)S(=O)(=O)c1cc(OC)c(OC)cc1C. The molecule has 0 spiro atoms. The van der Waals surface area contributed by atoms with Gasteiger partial charge in [0.1, 0.15) is 0 Å². The molecule has 130 valence electrons. The lowest BCUT2D eigenvalue weighted by atomic mass is 10.2. The summed E-state index contributed by atoms with van der Waals surface area (Å²) in [7, 11) is -0.528. The molecule has 1 saturated heterocycles. The molecule has 7 heteroatoms. The van der Waals surface area contributed by atoms with Gasteiger partial charge >= 0.3 is 0 Å². The van der Waals surface area contributed by atoms with Crippen LogP contribution in [-0.4, -0.2) is 52.6 Å². The summed E-state index contributed by atoms with van der Waals surface area (Å²) in [5, 5.41) is 3.24. The summed E-state index contributed by atoms with van der Waals surface area (Å²) in [5.74, 6) is 0.964. The zero-order chi connectivity index (χ0) is 17.0. The van der Waals surface area contributed by atoms with Crippen LogP contribution < -0.4 is 14.8 Å². The van der Waals surface area contributed by atoms with Gasteiger partial charge in [-0.2, -0.15) is 4.31 Å². The fourth-order valence-electron chi connectivity index (χ4n) is 2.97. The van der Waals surface area contributed by atoms with E-state index in [1.807, 2.05) is 6.92 Å². The highest BCUT2D eigenvalue weighted by molar-refractivity contribution is 7.89. The summed E-state index contributed by atoms with van der Waals surface area (Å²) in [6.07, 6.45) is 1.62. The van der Waals surface area contributed by atoms with Gasteiger partial charge in [-0.1, -0.05) is 6.92 Å². The van der Waals surface area contributed by atoms with E-state index in [4.69, 9.17) is 9.47 Å². The minimum Gasteiger partial charge on any atom is -0.493 e. The zero-order valence-electron chi connectivity index (χ0n) is 14.3. The number of ether oxygens (including phenoxy) is 2. The minimum atomic E-state index is -3.58. The van der Waals surface area contributed by atoms with E-state index in [2.05, 4.69) is 5.32 Å². The first-order valence-corrected chi connectivity index (χ1v) is 9.34. The lowest BCUT2D eigenvalue weighted by Crippen LogP contribution is -2.42. The van der Waals surface area contributed by atoms with Crippen LogP contribution in [0.1, 0.15) is 25.3 Å². The Morgan fingerprint density at radius 3 is 2.43 bits per heavy atom. The predicted octanol–water partition coefficient (Wildman–Crippen LogP) is 1.77. The van der Waals surface area contributed by atoms with Gasteiger partial charge in [-0.3, -0.25) is 0 Å². The fourth-order valence-corrected chi connectivity index (χ4v) is 4.94. The van der Waals surface area contributed by atoms with E-state index in [-0.39, 0.29) is 10.9 Å². The van der Waals surface area contributed by atoms with Gasteiger partial charge in [0.25, 0.3) is 0 Å². The van der Waals surface area contributed by atoms with Crippen LogP contribution in [0.2, 0.25) is 0 Å². The second kappa shape index (κ2) is 7.51. The normalized spacial score (nSPS) is 18.4. The summed E-state index contributed by atoms with van der Waals surface area (Å²) < 4.78 is 38.5. The van der Waals surface area contributed by atoms with Crippen molar-refractivity contribution in [2.75, 3.05) is 33.9 Å². The first kappa shape index (κ1) is 18.0. The average Bonchev–Trinajstić information content (AvgIpc) is 3.05. The Balaban J connectivity index is 2.48. The largest absolute Gasteiger partial charge is 0.493 e. The zero-order valence-corrected chi connectivity index (χ0v) is 15.1. The molecule has 2 rings (SSSR count). The highest BCUT2D eigenvalue weighted by Crippen LogP contribution is 2.34. The standard InChI is InChI=1S/C16H26N2O4S/c1-5-8-18(13-6-7-17-11-13)23(19,20)16-10-15(22-4)14(21-3)9-12(16)2/h9-10,13,17H,5-8,11H2,1-4H3. The molecule has 0 saturated carbocycles. The number of benzene rings is 1. The number of nitrogens with zero attached hydrogens (tertiary/aromatic N) is 1. The van der Waals surface area contributed by atoms with E-state index in [0.29, 0.717) is 30.2 Å². The number of aryl methyl sites for hydroxylation is 1. The second-order valence-corrected chi connectivity index (χ2v) is 7.59. The van der Waals surface area contributed by atoms with E-state index in [0.717, 1.165) is 19.4 Å². The lowest BCUT2D eigenvalue weighted by molar-refractivity contribution is 0.333. The van der Waals surface area contributed by atoms with Crippen LogP contribution >= 0.6 is 0 Å².